The third-order valence-electron chi connectivity index (χ3n) is 5.95. The van der Waals surface area contributed by atoms with Gasteiger partial charge in [0.1, 0.15) is 11.6 Å². The first-order valence-corrected chi connectivity index (χ1v) is 13.2. The van der Waals surface area contributed by atoms with E-state index < -0.39 is 33.1 Å². The summed E-state index contributed by atoms with van der Waals surface area (Å²) in [5.41, 5.74) is 0.666. The van der Waals surface area contributed by atoms with Crippen LogP contribution in [-0.4, -0.2) is 48.0 Å². The Morgan fingerprint density at radius 2 is 2.03 bits per heavy atom. The average Bonchev–Trinajstić information content (AvgIpc) is 3.51. The minimum absolute atomic E-state index is 0.0102. The summed E-state index contributed by atoms with van der Waals surface area (Å²) < 4.78 is 61.9. The molecule has 3 aromatic rings. The zero-order chi connectivity index (χ0) is 25.7. The summed E-state index contributed by atoms with van der Waals surface area (Å²) in [6.07, 6.45) is 4.33. The first-order valence-electron chi connectivity index (χ1n) is 11.6. The van der Waals surface area contributed by atoms with E-state index in [1.807, 2.05) is 0 Å². The van der Waals surface area contributed by atoms with E-state index in [0.717, 1.165) is 18.9 Å². The summed E-state index contributed by atoms with van der Waals surface area (Å²) in [5.74, 6) is -2.14. The topological polar surface area (TPSA) is 81.5 Å². The van der Waals surface area contributed by atoms with Crippen molar-refractivity contribution in [1.82, 2.24) is 14.5 Å². The van der Waals surface area contributed by atoms with Gasteiger partial charge in [-0.25, -0.2) is 22.2 Å². The molecule has 1 atom stereocenters. The number of rotatable bonds is 10. The van der Waals surface area contributed by atoms with Gasteiger partial charge in [-0.05, 0) is 37.1 Å². The van der Waals surface area contributed by atoms with Crippen LogP contribution < -0.4 is 0 Å². The normalized spacial score (nSPS) is 15.7. The number of sulfone groups is 1. The number of halogens is 2. The number of imidazole rings is 1. The van der Waals surface area contributed by atoms with Crippen LogP contribution in [0.5, 0.6) is 0 Å². The molecule has 0 aliphatic carbocycles. The number of carbonyl (C=O) groups is 1. The van der Waals surface area contributed by atoms with Crippen molar-refractivity contribution in [2.24, 2.45) is 0 Å². The third kappa shape index (κ3) is 5.88. The summed E-state index contributed by atoms with van der Waals surface area (Å²) in [4.78, 5) is 18.7. The van der Waals surface area contributed by atoms with E-state index in [9.17, 15) is 22.0 Å². The molecular formula is C26H27F2N3O4S. The number of hydrogen-bond donors (Lipinski definition) is 0. The van der Waals surface area contributed by atoms with Crippen molar-refractivity contribution in [3.8, 4) is 0 Å². The van der Waals surface area contributed by atoms with Crippen molar-refractivity contribution in [2.75, 3.05) is 13.2 Å². The standard InChI is InChI=1S/C26H27F2N3O4S/c1-2-12-30(25(32)19-8-5-9-21(27)14-19)16-22-15-29-26(31(22)17-23-10-6-13-35-23)36(33,34)18-20-7-3-4-11-24(20)28/h2-5,7-9,11,14-15,23H,1,6,10,12-13,16-18H2. The maximum absolute atomic E-state index is 14.2. The van der Waals surface area contributed by atoms with Gasteiger partial charge in [0.05, 0.1) is 36.8 Å². The molecule has 0 radical (unpaired) electrons. The molecule has 2 heterocycles. The van der Waals surface area contributed by atoms with Crippen molar-refractivity contribution < 1.29 is 26.7 Å². The van der Waals surface area contributed by atoms with Gasteiger partial charge in [0.2, 0.25) is 15.0 Å². The highest BCUT2D eigenvalue weighted by Gasteiger charge is 2.29. The Labute approximate surface area is 208 Å². The molecule has 190 valence electrons. The highest BCUT2D eigenvalue weighted by molar-refractivity contribution is 7.90. The van der Waals surface area contributed by atoms with Crippen LogP contribution in [0.25, 0.3) is 0 Å². The number of nitrogens with zero attached hydrogens (tertiary/aromatic N) is 3. The number of carbonyl (C=O) groups excluding carboxylic acids is 1. The van der Waals surface area contributed by atoms with Gasteiger partial charge in [-0.3, -0.25) is 4.79 Å². The summed E-state index contributed by atoms with van der Waals surface area (Å²) in [6.45, 7) is 4.66. The lowest BCUT2D eigenvalue weighted by Crippen LogP contribution is -2.32. The molecule has 0 saturated carbocycles. The predicted octanol–water partition coefficient (Wildman–Crippen LogP) is 4.14. The largest absolute Gasteiger partial charge is 0.376 e. The van der Waals surface area contributed by atoms with Gasteiger partial charge in [-0.15, -0.1) is 6.58 Å². The van der Waals surface area contributed by atoms with Crippen LogP contribution >= 0.6 is 0 Å². The van der Waals surface area contributed by atoms with Gasteiger partial charge in [-0.2, -0.15) is 0 Å². The highest BCUT2D eigenvalue weighted by Crippen LogP contribution is 2.24. The van der Waals surface area contributed by atoms with E-state index in [4.69, 9.17) is 4.74 Å². The Balaban J connectivity index is 1.68. The molecule has 0 N–H and O–H groups in total. The van der Waals surface area contributed by atoms with Crippen LogP contribution in [0.3, 0.4) is 0 Å². The fraction of sp³-hybridized carbons (Fsp3) is 0.308. The Kier molecular flexibility index (Phi) is 7.95. The maximum atomic E-state index is 14.2. The zero-order valence-electron chi connectivity index (χ0n) is 19.6. The van der Waals surface area contributed by atoms with Gasteiger partial charge in [0, 0.05) is 24.3 Å². The first-order chi connectivity index (χ1) is 17.3. The molecule has 2 aromatic carbocycles. The van der Waals surface area contributed by atoms with Crippen LogP contribution in [0.2, 0.25) is 0 Å². The van der Waals surface area contributed by atoms with Gasteiger partial charge < -0.3 is 14.2 Å². The van der Waals surface area contributed by atoms with Gasteiger partial charge in [0.15, 0.2) is 0 Å². The number of hydrogen-bond acceptors (Lipinski definition) is 5. The van der Waals surface area contributed by atoms with Crippen molar-refractivity contribution in [2.45, 2.75) is 42.9 Å². The number of amides is 1. The van der Waals surface area contributed by atoms with Gasteiger partial charge >= 0.3 is 0 Å². The second kappa shape index (κ2) is 11.1. The van der Waals surface area contributed by atoms with Crippen LogP contribution in [0.15, 0.2) is 72.5 Å². The van der Waals surface area contributed by atoms with E-state index in [1.54, 1.807) is 6.07 Å². The molecule has 36 heavy (non-hydrogen) atoms. The van der Waals surface area contributed by atoms with Crippen molar-refractivity contribution in [3.05, 3.63) is 95.8 Å². The number of ether oxygens (including phenoxy) is 1. The lowest BCUT2D eigenvalue weighted by atomic mass is 10.2. The summed E-state index contributed by atoms with van der Waals surface area (Å²) in [6, 6.07) is 11.0. The molecule has 1 aliphatic heterocycles. The monoisotopic (exact) mass is 515 g/mol. The molecule has 1 amide bonds. The Bertz CT molecular complexity index is 1350. The molecule has 10 heteroatoms. The van der Waals surface area contributed by atoms with Crippen LogP contribution in [0.4, 0.5) is 8.78 Å². The first kappa shape index (κ1) is 25.7. The maximum Gasteiger partial charge on any atom is 0.254 e. The van der Waals surface area contributed by atoms with E-state index in [-0.39, 0.29) is 42.0 Å². The molecule has 1 aliphatic rings. The van der Waals surface area contributed by atoms with Crippen molar-refractivity contribution in [1.29, 1.82) is 0 Å². The molecule has 1 unspecified atom stereocenters. The predicted molar refractivity (Wildman–Crippen MR) is 130 cm³/mol. The quantitative estimate of drug-likeness (QED) is 0.379. The molecule has 1 fully saturated rings. The Hall–Kier alpha value is -3.37. The van der Waals surface area contributed by atoms with Crippen LogP contribution in [0, 0.1) is 11.6 Å². The van der Waals surface area contributed by atoms with Crippen LogP contribution in [0.1, 0.15) is 34.5 Å². The summed E-state index contributed by atoms with van der Waals surface area (Å²) in [5, 5.41) is -0.215. The molecule has 0 bridgehead atoms. The average molecular weight is 516 g/mol. The minimum atomic E-state index is -4.03. The van der Waals surface area contributed by atoms with E-state index in [2.05, 4.69) is 11.6 Å². The smallest absolute Gasteiger partial charge is 0.254 e. The molecule has 0 spiro atoms. The lowest BCUT2D eigenvalue weighted by molar-refractivity contribution is 0.0751. The van der Waals surface area contributed by atoms with Crippen molar-refractivity contribution in [3.63, 3.8) is 0 Å². The molecule has 1 saturated heterocycles. The second-order valence-electron chi connectivity index (χ2n) is 8.61. The van der Waals surface area contributed by atoms with E-state index in [1.165, 1.54) is 58.1 Å². The Morgan fingerprint density at radius 3 is 2.72 bits per heavy atom. The lowest BCUT2D eigenvalue weighted by Gasteiger charge is -2.23. The molecule has 1 aromatic heterocycles. The number of benzene rings is 2. The highest BCUT2D eigenvalue weighted by atomic mass is 32.2. The van der Waals surface area contributed by atoms with Gasteiger partial charge in [0.25, 0.3) is 5.91 Å². The molecular weight excluding hydrogens is 488 g/mol. The SMILES string of the molecule is C=CCN(Cc1cnc(S(=O)(=O)Cc2ccccc2F)n1CC1CCCO1)C(=O)c1cccc(F)c1. The van der Waals surface area contributed by atoms with Gasteiger partial charge in [-0.1, -0.05) is 30.3 Å². The molecule has 7 nitrogen and oxygen atoms in total. The number of aromatic nitrogens is 2. The fourth-order valence-corrected chi connectivity index (χ4v) is 5.73. The minimum Gasteiger partial charge on any atom is -0.376 e. The van der Waals surface area contributed by atoms with Crippen LogP contribution in [-0.2, 0) is 33.4 Å². The van der Waals surface area contributed by atoms with E-state index in [0.29, 0.717) is 12.3 Å². The van der Waals surface area contributed by atoms with E-state index >= 15 is 0 Å². The Morgan fingerprint density at radius 1 is 1.22 bits per heavy atom. The molecule has 4 rings (SSSR count). The summed E-state index contributed by atoms with van der Waals surface area (Å²) >= 11 is 0. The zero-order valence-corrected chi connectivity index (χ0v) is 20.5. The fourth-order valence-electron chi connectivity index (χ4n) is 4.21. The summed E-state index contributed by atoms with van der Waals surface area (Å²) in [7, 11) is -4.03. The van der Waals surface area contributed by atoms with Crippen molar-refractivity contribution >= 4 is 15.7 Å². The third-order valence-corrected chi connectivity index (χ3v) is 7.53. The second-order valence-corrected chi connectivity index (χ2v) is 10.5.